The van der Waals surface area contributed by atoms with Crippen LogP contribution in [0.1, 0.15) is 6.92 Å². The number of hydrogen-bond acceptors (Lipinski definition) is 3. The second kappa shape index (κ2) is 3.87. The maximum atomic E-state index is 10.3. The second-order valence-corrected chi connectivity index (χ2v) is 3.34. The fraction of sp³-hybridized carbons (Fsp3) is 1.00. The first-order valence-corrected chi connectivity index (χ1v) is 4.29. The van der Waals surface area contributed by atoms with Crippen LogP contribution in [0.4, 0.5) is 0 Å². The molecule has 0 aromatic rings. The Bertz CT molecular complexity index is 177. The normalized spacial score (nSPS) is 15.1. The minimum Gasteiger partial charge on any atom is -0.383 e. The molecule has 0 radical (unpaired) electrons. The number of nitrogens with one attached hydrogen (secondary N) is 1. The fourth-order valence-corrected chi connectivity index (χ4v) is 1.19. The minimum atomic E-state index is -3.58. The van der Waals surface area contributed by atoms with E-state index in [0.29, 0.717) is 6.61 Å². The maximum Gasteiger partial charge on any atom is 0.274 e. The zero-order valence-electron chi connectivity index (χ0n) is 5.99. The third-order valence-electron chi connectivity index (χ3n) is 0.782. The summed E-state index contributed by atoms with van der Waals surface area (Å²) < 4.78 is 27.5. The van der Waals surface area contributed by atoms with E-state index in [1.165, 1.54) is 7.11 Å². The van der Waals surface area contributed by atoms with Crippen molar-refractivity contribution in [2.24, 2.45) is 5.14 Å². The third kappa shape index (κ3) is 5.96. The summed E-state index contributed by atoms with van der Waals surface area (Å²) in [5.74, 6) is 0. The molecular formula is C4H12N2O3S. The Morgan fingerprint density at radius 1 is 1.70 bits per heavy atom. The average molecular weight is 168 g/mol. The maximum absolute atomic E-state index is 10.3. The van der Waals surface area contributed by atoms with Gasteiger partial charge in [-0.3, -0.25) is 0 Å². The van der Waals surface area contributed by atoms with Gasteiger partial charge >= 0.3 is 0 Å². The van der Waals surface area contributed by atoms with E-state index in [2.05, 4.69) is 14.6 Å². The predicted octanol–water partition coefficient (Wildman–Crippen LogP) is -1.19. The lowest BCUT2D eigenvalue weighted by molar-refractivity contribution is 0.180. The number of ether oxygens (including phenoxy) is 1. The molecule has 62 valence electrons. The summed E-state index contributed by atoms with van der Waals surface area (Å²) in [5, 5.41) is 4.67. The van der Waals surface area contributed by atoms with Crippen LogP contribution in [0.2, 0.25) is 0 Å². The molecule has 3 N–H and O–H groups in total. The Hall–Kier alpha value is -0.170. The molecule has 0 heterocycles. The van der Waals surface area contributed by atoms with Gasteiger partial charge in [-0.05, 0) is 6.92 Å². The molecule has 0 fully saturated rings. The number of nitrogens with two attached hydrogens (primary N) is 1. The Morgan fingerprint density at radius 2 is 2.20 bits per heavy atom. The van der Waals surface area contributed by atoms with Gasteiger partial charge in [0.15, 0.2) is 0 Å². The largest absolute Gasteiger partial charge is 0.383 e. The van der Waals surface area contributed by atoms with E-state index >= 15 is 0 Å². The molecule has 0 saturated carbocycles. The van der Waals surface area contributed by atoms with E-state index in [-0.39, 0.29) is 6.04 Å². The molecule has 10 heavy (non-hydrogen) atoms. The molecule has 0 bridgehead atoms. The van der Waals surface area contributed by atoms with Crippen LogP contribution in [-0.4, -0.2) is 28.2 Å². The van der Waals surface area contributed by atoms with Gasteiger partial charge in [-0.2, -0.15) is 13.1 Å². The smallest absolute Gasteiger partial charge is 0.274 e. The van der Waals surface area contributed by atoms with Crippen LogP contribution < -0.4 is 9.86 Å². The Balaban J connectivity index is 3.69. The minimum absolute atomic E-state index is 0.278. The first-order valence-electron chi connectivity index (χ1n) is 2.74. The molecule has 0 rings (SSSR count). The summed E-state index contributed by atoms with van der Waals surface area (Å²) in [6, 6.07) is -0.278. The van der Waals surface area contributed by atoms with E-state index in [1.807, 2.05) is 0 Å². The molecule has 0 amide bonds. The highest BCUT2D eigenvalue weighted by Crippen LogP contribution is 1.82. The summed E-state index contributed by atoms with van der Waals surface area (Å²) in [5.41, 5.74) is 0. The third-order valence-corrected chi connectivity index (χ3v) is 1.51. The zero-order chi connectivity index (χ0) is 8.20. The molecule has 0 spiro atoms. The topological polar surface area (TPSA) is 81.4 Å². The molecular weight excluding hydrogens is 156 g/mol. The van der Waals surface area contributed by atoms with Gasteiger partial charge in [0.05, 0.1) is 6.61 Å². The number of rotatable bonds is 4. The summed E-state index contributed by atoms with van der Waals surface area (Å²) >= 11 is 0. The lowest BCUT2D eigenvalue weighted by atomic mass is 10.4. The number of hydrogen-bond donors (Lipinski definition) is 2. The highest BCUT2D eigenvalue weighted by molar-refractivity contribution is 7.87. The molecule has 0 aromatic carbocycles. The van der Waals surface area contributed by atoms with Crippen molar-refractivity contribution in [1.82, 2.24) is 4.72 Å². The molecule has 5 nitrogen and oxygen atoms in total. The van der Waals surface area contributed by atoms with Gasteiger partial charge in [-0.25, -0.2) is 5.14 Å². The summed E-state index contributed by atoms with van der Waals surface area (Å²) in [4.78, 5) is 0. The quantitative estimate of drug-likeness (QED) is 0.554. The van der Waals surface area contributed by atoms with Crippen molar-refractivity contribution in [2.45, 2.75) is 13.0 Å². The van der Waals surface area contributed by atoms with Crippen LogP contribution in [0.25, 0.3) is 0 Å². The molecule has 0 unspecified atom stereocenters. The molecule has 0 aromatic heterocycles. The van der Waals surface area contributed by atoms with Gasteiger partial charge in [0.25, 0.3) is 10.2 Å². The highest BCUT2D eigenvalue weighted by atomic mass is 32.2. The van der Waals surface area contributed by atoms with Crippen molar-refractivity contribution in [3.8, 4) is 0 Å². The first kappa shape index (κ1) is 9.83. The summed E-state index contributed by atoms with van der Waals surface area (Å²) in [6.07, 6.45) is 0. The predicted molar refractivity (Wildman–Crippen MR) is 37.6 cm³/mol. The van der Waals surface area contributed by atoms with Crippen LogP contribution >= 0.6 is 0 Å². The monoisotopic (exact) mass is 168 g/mol. The summed E-state index contributed by atoms with van der Waals surface area (Å²) in [7, 11) is -2.09. The van der Waals surface area contributed by atoms with Gasteiger partial charge in [-0.1, -0.05) is 0 Å². The highest BCUT2D eigenvalue weighted by Gasteiger charge is 2.07. The van der Waals surface area contributed by atoms with Crippen LogP contribution in [0.15, 0.2) is 0 Å². The van der Waals surface area contributed by atoms with Gasteiger partial charge in [-0.15, -0.1) is 0 Å². The average Bonchev–Trinajstić information content (AvgIpc) is 1.59. The van der Waals surface area contributed by atoms with Crippen molar-refractivity contribution in [2.75, 3.05) is 13.7 Å². The summed E-state index contributed by atoms with van der Waals surface area (Å²) in [6.45, 7) is 1.98. The van der Waals surface area contributed by atoms with E-state index in [4.69, 9.17) is 0 Å². The van der Waals surface area contributed by atoms with E-state index in [9.17, 15) is 8.42 Å². The lowest BCUT2D eigenvalue weighted by Gasteiger charge is -2.09. The SMILES string of the molecule is COC[C@@H](C)NS(N)(=O)=O. The van der Waals surface area contributed by atoms with Crippen molar-refractivity contribution >= 4 is 10.2 Å². The van der Waals surface area contributed by atoms with Crippen molar-refractivity contribution in [3.63, 3.8) is 0 Å². The van der Waals surface area contributed by atoms with Crippen LogP contribution in [-0.2, 0) is 14.9 Å². The van der Waals surface area contributed by atoms with Gasteiger partial charge in [0, 0.05) is 13.2 Å². The van der Waals surface area contributed by atoms with E-state index in [0.717, 1.165) is 0 Å². The van der Waals surface area contributed by atoms with Gasteiger partial charge < -0.3 is 4.74 Å². The molecule has 6 heteroatoms. The fourth-order valence-electron chi connectivity index (χ4n) is 0.564. The molecule has 0 saturated heterocycles. The van der Waals surface area contributed by atoms with Crippen molar-refractivity contribution < 1.29 is 13.2 Å². The molecule has 0 aliphatic heterocycles. The second-order valence-electron chi connectivity index (χ2n) is 2.02. The van der Waals surface area contributed by atoms with Crippen LogP contribution in [0.5, 0.6) is 0 Å². The van der Waals surface area contributed by atoms with Crippen molar-refractivity contribution in [1.29, 1.82) is 0 Å². The Labute approximate surface area is 60.7 Å². The van der Waals surface area contributed by atoms with Crippen LogP contribution in [0, 0.1) is 0 Å². The standard InChI is InChI=1S/C4H12N2O3S/c1-4(3-9-2)6-10(5,7)8/h4,6H,3H2,1-2H3,(H2,5,7,8)/t4-/m1/s1. The van der Waals surface area contributed by atoms with Gasteiger partial charge in [0.1, 0.15) is 0 Å². The van der Waals surface area contributed by atoms with Crippen molar-refractivity contribution in [3.05, 3.63) is 0 Å². The first-order chi connectivity index (χ1) is 4.45. The Kier molecular flexibility index (Phi) is 3.80. The lowest BCUT2D eigenvalue weighted by Crippen LogP contribution is -2.39. The van der Waals surface area contributed by atoms with E-state index in [1.54, 1.807) is 6.92 Å². The zero-order valence-corrected chi connectivity index (χ0v) is 6.81. The molecule has 1 atom stereocenters. The number of methoxy groups -OCH3 is 1. The molecule has 0 aliphatic rings. The van der Waals surface area contributed by atoms with Gasteiger partial charge in [0.2, 0.25) is 0 Å². The van der Waals surface area contributed by atoms with E-state index < -0.39 is 10.2 Å². The Morgan fingerprint density at radius 3 is 2.50 bits per heavy atom. The van der Waals surface area contributed by atoms with Crippen LogP contribution in [0.3, 0.4) is 0 Å². The molecule has 0 aliphatic carbocycles.